The Labute approximate surface area is 134 Å². The Hall–Kier alpha value is -2.70. The number of hydrogen-bond donors (Lipinski definition) is 2. The monoisotopic (exact) mass is 316 g/mol. The average molecular weight is 316 g/mol. The van der Waals surface area contributed by atoms with E-state index in [1.54, 1.807) is 6.20 Å². The number of carbonyl (C=O) groups excluding carboxylic acids is 1. The molecule has 1 amide bonds. The minimum Gasteiger partial charge on any atom is -0.480 e. The number of benzene rings is 1. The van der Waals surface area contributed by atoms with E-state index in [4.69, 9.17) is 5.11 Å². The van der Waals surface area contributed by atoms with Crippen molar-refractivity contribution in [3.63, 3.8) is 0 Å². The first kappa shape index (κ1) is 16.7. The van der Waals surface area contributed by atoms with Crippen LogP contribution in [0.15, 0.2) is 36.5 Å². The molecular weight excluding hydrogens is 296 g/mol. The van der Waals surface area contributed by atoms with Crippen molar-refractivity contribution in [3.05, 3.63) is 36.5 Å². The van der Waals surface area contributed by atoms with Crippen molar-refractivity contribution in [1.82, 2.24) is 20.3 Å². The molecule has 1 heterocycles. The van der Waals surface area contributed by atoms with Crippen LogP contribution in [0.4, 0.5) is 0 Å². The Morgan fingerprint density at radius 1 is 1.30 bits per heavy atom. The van der Waals surface area contributed by atoms with Gasteiger partial charge in [-0.3, -0.25) is 4.79 Å². The molecule has 0 bridgehead atoms. The van der Waals surface area contributed by atoms with Gasteiger partial charge in [0.25, 0.3) is 0 Å². The van der Waals surface area contributed by atoms with Crippen LogP contribution in [0.1, 0.15) is 26.2 Å². The lowest BCUT2D eigenvalue weighted by molar-refractivity contribution is -0.142. The van der Waals surface area contributed by atoms with Gasteiger partial charge in [0.05, 0.1) is 6.20 Å². The second kappa shape index (κ2) is 8.07. The normalized spacial score (nSPS) is 11.9. The Balaban J connectivity index is 1.95. The van der Waals surface area contributed by atoms with Crippen molar-refractivity contribution < 1.29 is 14.7 Å². The maximum Gasteiger partial charge on any atom is 0.326 e. The Bertz CT molecular complexity index is 654. The van der Waals surface area contributed by atoms with Crippen molar-refractivity contribution >= 4 is 11.9 Å². The van der Waals surface area contributed by atoms with E-state index in [-0.39, 0.29) is 6.54 Å². The lowest BCUT2D eigenvalue weighted by atomic mass is 10.1. The number of amides is 1. The summed E-state index contributed by atoms with van der Waals surface area (Å²) in [6.45, 7) is 1.91. The SMILES string of the molecule is CCCC[C@H](NC(=O)Cn1cc(-c2ccccc2)nn1)C(=O)O. The number of carboxylic acid groups (broad SMARTS) is 1. The van der Waals surface area contributed by atoms with Gasteiger partial charge in [0, 0.05) is 5.56 Å². The predicted octanol–water partition coefficient (Wildman–Crippen LogP) is 1.70. The molecule has 122 valence electrons. The minimum absolute atomic E-state index is 0.0598. The fraction of sp³-hybridized carbons (Fsp3) is 0.375. The lowest BCUT2D eigenvalue weighted by Crippen LogP contribution is -2.42. The highest BCUT2D eigenvalue weighted by molar-refractivity contribution is 5.83. The molecule has 0 saturated heterocycles. The number of nitrogens with one attached hydrogen (secondary N) is 1. The molecule has 1 aromatic heterocycles. The van der Waals surface area contributed by atoms with E-state index in [0.717, 1.165) is 18.4 Å². The molecule has 1 atom stereocenters. The number of nitrogens with zero attached hydrogens (tertiary/aromatic N) is 3. The van der Waals surface area contributed by atoms with Crippen molar-refractivity contribution in [3.8, 4) is 11.3 Å². The van der Waals surface area contributed by atoms with Crippen LogP contribution in [0.2, 0.25) is 0 Å². The van der Waals surface area contributed by atoms with E-state index in [1.165, 1.54) is 4.68 Å². The van der Waals surface area contributed by atoms with E-state index in [0.29, 0.717) is 12.1 Å². The topological polar surface area (TPSA) is 97.1 Å². The average Bonchev–Trinajstić information content (AvgIpc) is 3.00. The molecule has 0 spiro atoms. The molecule has 0 fully saturated rings. The summed E-state index contributed by atoms with van der Waals surface area (Å²) in [6, 6.07) is 8.64. The third-order valence-electron chi connectivity index (χ3n) is 3.39. The highest BCUT2D eigenvalue weighted by Gasteiger charge is 2.19. The zero-order valence-corrected chi connectivity index (χ0v) is 13.0. The number of carboxylic acids is 1. The van der Waals surface area contributed by atoms with Gasteiger partial charge in [-0.05, 0) is 6.42 Å². The highest BCUT2D eigenvalue weighted by Crippen LogP contribution is 2.14. The van der Waals surface area contributed by atoms with Gasteiger partial charge in [0.2, 0.25) is 5.91 Å². The van der Waals surface area contributed by atoms with E-state index in [1.807, 2.05) is 37.3 Å². The number of rotatable bonds is 8. The summed E-state index contributed by atoms with van der Waals surface area (Å²) in [5.74, 6) is -1.41. The van der Waals surface area contributed by atoms with Crippen molar-refractivity contribution in [2.45, 2.75) is 38.8 Å². The molecule has 0 unspecified atom stereocenters. The molecule has 0 aliphatic rings. The maximum absolute atomic E-state index is 12.0. The van der Waals surface area contributed by atoms with Crippen molar-refractivity contribution in [1.29, 1.82) is 0 Å². The van der Waals surface area contributed by atoms with Gasteiger partial charge >= 0.3 is 5.97 Å². The van der Waals surface area contributed by atoms with Crippen molar-refractivity contribution in [2.75, 3.05) is 0 Å². The zero-order chi connectivity index (χ0) is 16.7. The van der Waals surface area contributed by atoms with Crippen LogP contribution in [0.3, 0.4) is 0 Å². The molecule has 7 heteroatoms. The first-order valence-corrected chi connectivity index (χ1v) is 7.58. The van der Waals surface area contributed by atoms with Crippen LogP contribution in [-0.4, -0.2) is 38.0 Å². The zero-order valence-electron chi connectivity index (χ0n) is 13.0. The number of carbonyl (C=O) groups is 2. The van der Waals surface area contributed by atoms with Crippen LogP contribution in [0, 0.1) is 0 Å². The molecule has 2 N–H and O–H groups in total. The molecular formula is C16H20N4O3. The Kier molecular flexibility index (Phi) is 5.85. The molecule has 2 rings (SSSR count). The number of aromatic nitrogens is 3. The molecule has 1 aromatic carbocycles. The second-order valence-corrected chi connectivity index (χ2v) is 5.27. The molecule has 0 aliphatic carbocycles. The Morgan fingerprint density at radius 2 is 2.04 bits per heavy atom. The van der Waals surface area contributed by atoms with Crippen LogP contribution in [-0.2, 0) is 16.1 Å². The van der Waals surface area contributed by atoms with Crippen LogP contribution in [0.25, 0.3) is 11.3 Å². The van der Waals surface area contributed by atoms with Gasteiger partial charge in [-0.25, -0.2) is 9.48 Å². The van der Waals surface area contributed by atoms with Gasteiger partial charge in [-0.15, -0.1) is 5.10 Å². The summed E-state index contributed by atoms with van der Waals surface area (Å²) in [4.78, 5) is 23.1. The van der Waals surface area contributed by atoms with E-state index in [2.05, 4.69) is 15.6 Å². The van der Waals surface area contributed by atoms with Gasteiger partial charge in [-0.1, -0.05) is 55.3 Å². The summed E-state index contributed by atoms with van der Waals surface area (Å²) in [7, 11) is 0. The molecule has 0 saturated carbocycles. The molecule has 2 aromatic rings. The molecule has 7 nitrogen and oxygen atoms in total. The summed E-state index contributed by atoms with van der Waals surface area (Å²) in [6.07, 6.45) is 3.71. The third kappa shape index (κ3) is 4.91. The smallest absolute Gasteiger partial charge is 0.326 e. The van der Waals surface area contributed by atoms with Crippen LogP contribution < -0.4 is 5.32 Å². The van der Waals surface area contributed by atoms with Crippen LogP contribution >= 0.6 is 0 Å². The number of unbranched alkanes of at least 4 members (excludes halogenated alkanes) is 1. The van der Waals surface area contributed by atoms with E-state index < -0.39 is 17.9 Å². The quantitative estimate of drug-likeness (QED) is 0.772. The van der Waals surface area contributed by atoms with Crippen molar-refractivity contribution in [2.24, 2.45) is 0 Å². The van der Waals surface area contributed by atoms with Gasteiger partial charge < -0.3 is 10.4 Å². The lowest BCUT2D eigenvalue weighted by Gasteiger charge is -2.13. The van der Waals surface area contributed by atoms with E-state index in [9.17, 15) is 9.59 Å². The summed E-state index contributed by atoms with van der Waals surface area (Å²) in [5.41, 5.74) is 1.57. The summed E-state index contributed by atoms with van der Waals surface area (Å²) < 4.78 is 1.40. The third-order valence-corrected chi connectivity index (χ3v) is 3.39. The van der Waals surface area contributed by atoms with Gasteiger partial charge in [0.15, 0.2) is 0 Å². The number of aliphatic carboxylic acids is 1. The van der Waals surface area contributed by atoms with E-state index >= 15 is 0 Å². The fourth-order valence-electron chi connectivity index (χ4n) is 2.17. The summed E-state index contributed by atoms with van der Waals surface area (Å²) in [5, 5.41) is 19.6. The predicted molar refractivity (Wildman–Crippen MR) is 84.5 cm³/mol. The minimum atomic E-state index is -1.02. The van der Waals surface area contributed by atoms with Gasteiger partial charge in [-0.2, -0.15) is 0 Å². The molecule has 0 radical (unpaired) electrons. The Morgan fingerprint density at radius 3 is 2.70 bits per heavy atom. The molecule has 0 aliphatic heterocycles. The number of hydrogen-bond acceptors (Lipinski definition) is 4. The second-order valence-electron chi connectivity index (χ2n) is 5.27. The standard InChI is InChI=1S/C16H20N4O3/c1-2-3-9-13(16(22)23)17-15(21)11-20-10-14(18-19-20)12-7-5-4-6-8-12/h4-8,10,13H,2-3,9,11H2,1H3,(H,17,21)(H,22,23)/t13-/m0/s1. The molecule has 23 heavy (non-hydrogen) atoms. The van der Waals surface area contributed by atoms with Gasteiger partial charge in [0.1, 0.15) is 18.3 Å². The first-order chi connectivity index (χ1) is 11.1. The summed E-state index contributed by atoms with van der Waals surface area (Å²) >= 11 is 0. The highest BCUT2D eigenvalue weighted by atomic mass is 16.4. The van der Waals surface area contributed by atoms with Crippen LogP contribution in [0.5, 0.6) is 0 Å². The largest absolute Gasteiger partial charge is 0.480 e. The fourth-order valence-corrected chi connectivity index (χ4v) is 2.17. The first-order valence-electron chi connectivity index (χ1n) is 7.58. The maximum atomic E-state index is 12.0.